The molecule has 21 heavy (non-hydrogen) atoms. The van der Waals surface area contributed by atoms with Gasteiger partial charge in [-0.2, -0.15) is 0 Å². The molecule has 1 aromatic rings. The second kappa shape index (κ2) is 6.08. The van der Waals surface area contributed by atoms with Crippen LogP contribution in [0, 0.1) is 17.0 Å². The first-order valence-electron chi connectivity index (χ1n) is 6.81. The molecule has 8 heteroatoms. The molecule has 0 aromatic heterocycles. The largest absolute Gasteiger partial charge is 0.314 e. The zero-order valence-electron chi connectivity index (χ0n) is 12.0. The average Bonchev–Trinajstić information content (AvgIpc) is 2.37. The first-order chi connectivity index (χ1) is 9.81. The van der Waals surface area contributed by atoms with Crippen molar-refractivity contribution in [2.45, 2.75) is 43.7 Å². The summed E-state index contributed by atoms with van der Waals surface area (Å²) in [6.07, 6.45) is 1.41. The lowest BCUT2D eigenvalue weighted by Crippen LogP contribution is -2.46. The average molecular weight is 313 g/mol. The molecular formula is C13H19N3O4S. The highest BCUT2D eigenvalue weighted by atomic mass is 32.2. The van der Waals surface area contributed by atoms with E-state index < -0.39 is 14.9 Å². The molecule has 1 aromatic carbocycles. The Morgan fingerprint density at radius 3 is 2.76 bits per heavy atom. The van der Waals surface area contributed by atoms with Crippen molar-refractivity contribution in [3.05, 3.63) is 33.9 Å². The number of nitro benzene ring substituents is 1. The van der Waals surface area contributed by atoms with Crippen molar-refractivity contribution in [2.24, 2.45) is 0 Å². The minimum Gasteiger partial charge on any atom is -0.314 e. The van der Waals surface area contributed by atoms with Crippen LogP contribution in [0.4, 0.5) is 5.69 Å². The molecule has 1 saturated heterocycles. The molecule has 0 bridgehead atoms. The molecule has 2 rings (SSSR count). The van der Waals surface area contributed by atoms with Gasteiger partial charge in [-0.15, -0.1) is 0 Å². The van der Waals surface area contributed by atoms with Crippen molar-refractivity contribution in [2.75, 3.05) is 6.54 Å². The summed E-state index contributed by atoms with van der Waals surface area (Å²) >= 11 is 0. The van der Waals surface area contributed by atoms with Crippen LogP contribution in [-0.2, 0) is 10.0 Å². The molecule has 0 saturated carbocycles. The lowest BCUT2D eigenvalue weighted by Gasteiger charge is -2.28. The van der Waals surface area contributed by atoms with Crippen molar-refractivity contribution in [3.63, 3.8) is 0 Å². The Balaban J connectivity index is 2.27. The van der Waals surface area contributed by atoms with Crippen LogP contribution >= 0.6 is 0 Å². The van der Waals surface area contributed by atoms with Crippen LogP contribution in [-0.4, -0.2) is 32.0 Å². The number of hydrogen-bond acceptors (Lipinski definition) is 5. The molecule has 1 aliphatic heterocycles. The van der Waals surface area contributed by atoms with Gasteiger partial charge in [0.25, 0.3) is 5.69 Å². The van der Waals surface area contributed by atoms with E-state index in [-0.39, 0.29) is 28.2 Å². The molecule has 1 heterocycles. The number of nitrogens with one attached hydrogen (secondary N) is 2. The zero-order valence-corrected chi connectivity index (χ0v) is 12.8. The first-order valence-corrected chi connectivity index (χ1v) is 8.29. The van der Waals surface area contributed by atoms with Crippen molar-refractivity contribution in [3.8, 4) is 0 Å². The minimum absolute atomic E-state index is 0.0251. The molecule has 0 radical (unpaired) electrons. The summed E-state index contributed by atoms with van der Waals surface area (Å²) in [7, 11) is -3.75. The summed E-state index contributed by atoms with van der Waals surface area (Å²) in [5.74, 6) is 0. The van der Waals surface area contributed by atoms with Gasteiger partial charge < -0.3 is 5.32 Å². The van der Waals surface area contributed by atoms with Crippen molar-refractivity contribution >= 4 is 15.7 Å². The number of benzene rings is 1. The molecule has 7 nitrogen and oxygen atoms in total. The number of rotatable bonds is 4. The van der Waals surface area contributed by atoms with Crippen LogP contribution in [0.5, 0.6) is 0 Å². The van der Waals surface area contributed by atoms with E-state index in [9.17, 15) is 18.5 Å². The summed E-state index contributed by atoms with van der Waals surface area (Å²) in [6.45, 7) is 4.21. The van der Waals surface area contributed by atoms with Gasteiger partial charge in [-0.3, -0.25) is 10.1 Å². The lowest BCUT2D eigenvalue weighted by molar-refractivity contribution is -0.385. The van der Waals surface area contributed by atoms with Gasteiger partial charge >= 0.3 is 0 Å². The Bertz CT molecular complexity index is 645. The maximum atomic E-state index is 12.4. The zero-order chi connectivity index (χ0) is 15.6. The van der Waals surface area contributed by atoms with E-state index in [1.807, 2.05) is 6.92 Å². The summed E-state index contributed by atoms with van der Waals surface area (Å²) in [5, 5.41) is 14.2. The Kier molecular flexibility index (Phi) is 4.60. The van der Waals surface area contributed by atoms with E-state index in [4.69, 9.17) is 0 Å². The number of hydrogen-bond donors (Lipinski definition) is 2. The molecule has 0 spiro atoms. The molecule has 2 unspecified atom stereocenters. The van der Waals surface area contributed by atoms with Crippen LogP contribution in [0.3, 0.4) is 0 Å². The van der Waals surface area contributed by atoms with E-state index >= 15 is 0 Å². The maximum Gasteiger partial charge on any atom is 0.273 e. The maximum absolute atomic E-state index is 12.4. The van der Waals surface area contributed by atoms with Crippen molar-refractivity contribution in [1.29, 1.82) is 0 Å². The van der Waals surface area contributed by atoms with Crippen molar-refractivity contribution in [1.82, 2.24) is 10.0 Å². The van der Waals surface area contributed by atoms with Crippen LogP contribution in [0.2, 0.25) is 0 Å². The smallest absolute Gasteiger partial charge is 0.273 e. The lowest BCUT2D eigenvalue weighted by atomic mass is 10.0. The van der Waals surface area contributed by atoms with Gasteiger partial charge in [-0.1, -0.05) is 6.07 Å². The summed E-state index contributed by atoms with van der Waals surface area (Å²) in [4.78, 5) is 10.3. The monoisotopic (exact) mass is 313 g/mol. The van der Waals surface area contributed by atoms with Gasteiger partial charge in [0.1, 0.15) is 0 Å². The highest BCUT2D eigenvalue weighted by Crippen LogP contribution is 2.25. The van der Waals surface area contributed by atoms with Gasteiger partial charge in [0, 0.05) is 23.7 Å². The summed E-state index contributed by atoms with van der Waals surface area (Å²) < 4.78 is 27.6. The molecule has 1 aliphatic rings. The van der Waals surface area contributed by atoms with E-state index in [0.29, 0.717) is 12.8 Å². The number of piperidine rings is 1. The minimum atomic E-state index is -3.75. The third kappa shape index (κ3) is 3.58. The van der Waals surface area contributed by atoms with Gasteiger partial charge in [-0.05, 0) is 39.3 Å². The van der Waals surface area contributed by atoms with Crippen molar-refractivity contribution < 1.29 is 13.3 Å². The molecule has 0 aliphatic carbocycles. The third-order valence-corrected chi connectivity index (χ3v) is 5.35. The Hall–Kier alpha value is -1.51. The molecule has 2 atom stereocenters. The fourth-order valence-corrected chi connectivity index (χ4v) is 4.16. The van der Waals surface area contributed by atoms with E-state index in [1.165, 1.54) is 25.1 Å². The number of nitro groups is 1. The fraction of sp³-hybridized carbons (Fsp3) is 0.538. The standard InChI is InChI=1S/C13H19N3O4S/c1-9-8-11(6-7-14-9)15-21(19,20)13-5-3-4-12(10(13)2)16(17)18/h3-5,9,11,14-15H,6-8H2,1-2H3. The quantitative estimate of drug-likeness (QED) is 0.645. The Morgan fingerprint density at radius 2 is 2.14 bits per heavy atom. The number of nitrogens with zero attached hydrogens (tertiary/aromatic N) is 1. The molecule has 116 valence electrons. The highest BCUT2D eigenvalue weighted by Gasteiger charge is 2.27. The van der Waals surface area contributed by atoms with Gasteiger partial charge in [-0.25, -0.2) is 13.1 Å². The Morgan fingerprint density at radius 1 is 1.43 bits per heavy atom. The first kappa shape index (κ1) is 15.9. The van der Waals surface area contributed by atoms with Crippen LogP contribution in [0.15, 0.2) is 23.1 Å². The molecule has 0 amide bonds. The van der Waals surface area contributed by atoms with Gasteiger partial charge in [0.2, 0.25) is 10.0 Å². The SMILES string of the molecule is Cc1c([N+](=O)[O-])cccc1S(=O)(=O)NC1CCNC(C)C1. The van der Waals surface area contributed by atoms with Gasteiger partial charge in [0.05, 0.1) is 9.82 Å². The predicted molar refractivity (Wildman–Crippen MR) is 78.6 cm³/mol. The predicted octanol–water partition coefficient (Wildman–Crippen LogP) is 1.32. The topological polar surface area (TPSA) is 101 Å². The number of sulfonamides is 1. The van der Waals surface area contributed by atoms with E-state index in [1.54, 1.807) is 0 Å². The fourth-order valence-electron chi connectivity index (χ4n) is 2.61. The second-order valence-corrected chi connectivity index (χ2v) is 7.04. The van der Waals surface area contributed by atoms with Gasteiger partial charge in [0.15, 0.2) is 0 Å². The third-order valence-electron chi connectivity index (χ3n) is 3.69. The summed E-state index contributed by atoms with van der Waals surface area (Å²) in [5.41, 5.74) is -0.0199. The van der Waals surface area contributed by atoms with E-state index in [2.05, 4.69) is 10.0 Å². The van der Waals surface area contributed by atoms with Crippen LogP contribution < -0.4 is 10.0 Å². The summed E-state index contributed by atoms with van der Waals surface area (Å²) in [6, 6.07) is 4.20. The normalized spacial score (nSPS) is 23.0. The molecule has 2 N–H and O–H groups in total. The Labute approximate surface area is 123 Å². The van der Waals surface area contributed by atoms with E-state index in [0.717, 1.165) is 6.54 Å². The van der Waals surface area contributed by atoms with Crippen LogP contribution in [0.25, 0.3) is 0 Å². The van der Waals surface area contributed by atoms with Crippen LogP contribution in [0.1, 0.15) is 25.3 Å². The highest BCUT2D eigenvalue weighted by molar-refractivity contribution is 7.89. The second-order valence-electron chi connectivity index (χ2n) is 5.36. The molecular weight excluding hydrogens is 294 g/mol. The molecule has 1 fully saturated rings.